The van der Waals surface area contributed by atoms with E-state index < -0.39 is 6.10 Å². The minimum Gasteiger partial charge on any atom is -0.484 e. The summed E-state index contributed by atoms with van der Waals surface area (Å²) in [5, 5.41) is 9.18. The maximum atomic E-state index is 11.8. The van der Waals surface area contributed by atoms with E-state index in [1.54, 1.807) is 18.9 Å². The van der Waals surface area contributed by atoms with Crippen molar-refractivity contribution in [2.75, 3.05) is 20.2 Å². The van der Waals surface area contributed by atoms with Crippen LogP contribution >= 0.6 is 0 Å². The standard InChI is InChI=1S/C15H23NO3/c1-11-5-6-14(12(2)9-11)19-10-15(18)16(4)8-7-13(3)17/h5-6,9,13,17H,7-8,10H2,1-4H3. The van der Waals surface area contributed by atoms with Crippen molar-refractivity contribution >= 4 is 5.91 Å². The van der Waals surface area contributed by atoms with Crippen LogP contribution in [0.2, 0.25) is 0 Å². The lowest BCUT2D eigenvalue weighted by atomic mass is 10.1. The molecule has 0 radical (unpaired) electrons. The molecule has 1 N–H and O–H groups in total. The first kappa shape index (κ1) is 15.5. The zero-order valence-corrected chi connectivity index (χ0v) is 12.1. The van der Waals surface area contributed by atoms with Crippen LogP contribution in [-0.2, 0) is 4.79 Å². The number of ether oxygens (including phenoxy) is 1. The minimum absolute atomic E-state index is 0.0280. The summed E-state index contributed by atoms with van der Waals surface area (Å²) < 4.78 is 5.53. The number of aryl methyl sites for hydroxylation is 2. The third-order valence-corrected chi connectivity index (χ3v) is 2.99. The van der Waals surface area contributed by atoms with Crippen molar-refractivity contribution in [2.24, 2.45) is 0 Å². The summed E-state index contributed by atoms with van der Waals surface area (Å²) in [6, 6.07) is 5.87. The Bertz CT molecular complexity index is 429. The fourth-order valence-corrected chi connectivity index (χ4v) is 1.72. The highest BCUT2D eigenvalue weighted by Crippen LogP contribution is 2.18. The van der Waals surface area contributed by atoms with Gasteiger partial charge in [-0.3, -0.25) is 4.79 Å². The van der Waals surface area contributed by atoms with Gasteiger partial charge < -0.3 is 14.7 Å². The van der Waals surface area contributed by atoms with Gasteiger partial charge in [-0.05, 0) is 38.8 Å². The van der Waals surface area contributed by atoms with E-state index in [1.807, 2.05) is 32.0 Å². The van der Waals surface area contributed by atoms with Gasteiger partial charge in [-0.1, -0.05) is 17.7 Å². The maximum Gasteiger partial charge on any atom is 0.260 e. The number of carbonyl (C=O) groups is 1. The molecule has 0 aromatic heterocycles. The van der Waals surface area contributed by atoms with Crippen LogP contribution in [0.4, 0.5) is 0 Å². The van der Waals surface area contributed by atoms with E-state index >= 15 is 0 Å². The molecule has 0 aliphatic heterocycles. The van der Waals surface area contributed by atoms with Gasteiger partial charge in [-0.15, -0.1) is 0 Å². The highest BCUT2D eigenvalue weighted by molar-refractivity contribution is 5.77. The molecular formula is C15H23NO3. The Balaban J connectivity index is 2.45. The van der Waals surface area contributed by atoms with Crippen LogP contribution in [0.15, 0.2) is 18.2 Å². The molecule has 19 heavy (non-hydrogen) atoms. The van der Waals surface area contributed by atoms with Crippen LogP contribution < -0.4 is 4.74 Å². The number of hydrogen-bond acceptors (Lipinski definition) is 3. The average Bonchev–Trinajstić information content (AvgIpc) is 2.34. The number of aliphatic hydroxyl groups is 1. The maximum absolute atomic E-state index is 11.8. The van der Waals surface area contributed by atoms with Gasteiger partial charge in [0.25, 0.3) is 5.91 Å². The third-order valence-electron chi connectivity index (χ3n) is 2.99. The third kappa shape index (κ3) is 5.30. The van der Waals surface area contributed by atoms with Gasteiger partial charge in [0, 0.05) is 13.6 Å². The Morgan fingerprint density at radius 2 is 2.11 bits per heavy atom. The zero-order valence-electron chi connectivity index (χ0n) is 12.1. The van der Waals surface area contributed by atoms with Crippen molar-refractivity contribution in [3.8, 4) is 5.75 Å². The first-order chi connectivity index (χ1) is 8.90. The summed E-state index contributed by atoms with van der Waals surface area (Å²) >= 11 is 0. The molecule has 0 fully saturated rings. The van der Waals surface area contributed by atoms with Crippen LogP contribution in [0.5, 0.6) is 5.75 Å². The molecule has 106 valence electrons. The van der Waals surface area contributed by atoms with Gasteiger partial charge >= 0.3 is 0 Å². The fraction of sp³-hybridized carbons (Fsp3) is 0.533. The topological polar surface area (TPSA) is 49.8 Å². The van der Waals surface area contributed by atoms with E-state index in [4.69, 9.17) is 4.74 Å². The number of nitrogens with zero attached hydrogens (tertiary/aromatic N) is 1. The number of likely N-dealkylation sites (N-methyl/N-ethyl adjacent to an activating group) is 1. The van der Waals surface area contributed by atoms with Gasteiger partial charge in [-0.2, -0.15) is 0 Å². The Morgan fingerprint density at radius 1 is 1.42 bits per heavy atom. The first-order valence-corrected chi connectivity index (χ1v) is 6.52. The molecule has 1 rings (SSSR count). The molecule has 0 saturated carbocycles. The summed E-state index contributed by atoms with van der Waals surface area (Å²) in [6.45, 7) is 6.26. The predicted molar refractivity (Wildman–Crippen MR) is 75.3 cm³/mol. The van der Waals surface area contributed by atoms with E-state index in [-0.39, 0.29) is 12.5 Å². The van der Waals surface area contributed by atoms with Crippen LogP contribution in [0.3, 0.4) is 0 Å². The van der Waals surface area contributed by atoms with E-state index in [0.29, 0.717) is 13.0 Å². The number of hydrogen-bond donors (Lipinski definition) is 1. The SMILES string of the molecule is Cc1ccc(OCC(=O)N(C)CCC(C)O)c(C)c1. The summed E-state index contributed by atoms with van der Waals surface area (Å²) in [5.74, 6) is 0.656. The molecule has 0 aliphatic carbocycles. The summed E-state index contributed by atoms with van der Waals surface area (Å²) in [5.41, 5.74) is 2.20. The first-order valence-electron chi connectivity index (χ1n) is 6.52. The molecule has 0 aliphatic rings. The lowest BCUT2D eigenvalue weighted by Gasteiger charge is -2.18. The molecule has 4 heteroatoms. The number of amides is 1. The highest BCUT2D eigenvalue weighted by Gasteiger charge is 2.11. The van der Waals surface area contributed by atoms with Crippen molar-refractivity contribution < 1.29 is 14.6 Å². The molecule has 1 aromatic carbocycles. The summed E-state index contributed by atoms with van der Waals surface area (Å²) in [6.07, 6.45) is 0.182. The molecule has 1 atom stereocenters. The summed E-state index contributed by atoms with van der Waals surface area (Å²) in [4.78, 5) is 13.4. The minimum atomic E-state index is -0.393. The normalized spacial score (nSPS) is 12.1. The van der Waals surface area contributed by atoms with E-state index in [9.17, 15) is 9.90 Å². The summed E-state index contributed by atoms with van der Waals surface area (Å²) in [7, 11) is 1.72. The fourth-order valence-electron chi connectivity index (χ4n) is 1.72. The zero-order chi connectivity index (χ0) is 14.4. The van der Waals surface area contributed by atoms with Crippen molar-refractivity contribution in [1.82, 2.24) is 4.90 Å². The average molecular weight is 265 g/mol. The van der Waals surface area contributed by atoms with Crippen LogP contribution in [0.1, 0.15) is 24.5 Å². The lowest BCUT2D eigenvalue weighted by molar-refractivity contribution is -0.132. The molecule has 4 nitrogen and oxygen atoms in total. The second-order valence-electron chi connectivity index (χ2n) is 5.01. The number of benzene rings is 1. The van der Waals surface area contributed by atoms with Crippen LogP contribution in [0.25, 0.3) is 0 Å². The Morgan fingerprint density at radius 3 is 2.68 bits per heavy atom. The highest BCUT2D eigenvalue weighted by atomic mass is 16.5. The number of aliphatic hydroxyl groups excluding tert-OH is 1. The Kier molecular flexibility index (Phi) is 5.83. The second-order valence-corrected chi connectivity index (χ2v) is 5.01. The molecule has 0 spiro atoms. The van der Waals surface area contributed by atoms with E-state index in [0.717, 1.165) is 11.3 Å². The molecule has 0 heterocycles. The van der Waals surface area contributed by atoms with Gasteiger partial charge in [0.1, 0.15) is 5.75 Å². The monoisotopic (exact) mass is 265 g/mol. The second kappa shape index (κ2) is 7.14. The largest absolute Gasteiger partial charge is 0.484 e. The van der Waals surface area contributed by atoms with E-state index in [2.05, 4.69) is 0 Å². The molecule has 0 bridgehead atoms. The predicted octanol–water partition coefficient (Wildman–Crippen LogP) is 1.91. The van der Waals surface area contributed by atoms with Crippen molar-refractivity contribution in [3.05, 3.63) is 29.3 Å². The Labute approximate surface area is 115 Å². The van der Waals surface area contributed by atoms with Crippen LogP contribution in [-0.4, -0.2) is 42.2 Å². The van der Waals surface area contributed by atoms with Crippen molar-refractivity contribution in [1.29, 1.82) is 0 Å². The smallest absolute Gasteiger partial charge is 0.260 e. The molecule has 1 amide bonds. The van der Waals surface area contributed by atoms with Crippen LogP contribution in [0, 0.1) is 13.8 Å². The molecule has 1 aromatic rings. The quantitative estimate of drug-likeness (QED) is 0.855. The van der Waals surface area contributed by atoms with Gasteiger partial charge in [0.15, 0.2) is 6.61 Å². The molecular weight excluding hydrogens is 242 g/mol. The molecule has 1 unspecified atom stereocenters. The number of carbonyl (C=O) groups excluding carboxylic acids is 1. The van der Waals surface area contributed by atoms with Crippen molar-refractivity contribution in [3.63, 3.8) is 0 Å². The van der Waals surface area contributed by atoms with Gasteiger partial charge in [0.05, 0.1) is 6.10 Å². The van der Waals surface area contributed by atoms with Gasteiger partial charge in [0.2, 0.25) is 0 Å². The number of rotatable bonds is 6. The Hall–Kier alpha value is -1.55. The molecule has 0 saturated heterocycles. The van der Waals surface area contributed by atoms with E-state index in [1.165, 1.54) is 5.56 Å². The van der Waals surface area contributed by atoms with Gasteiger partial charge in [-0.25, -0.2) is 0 Å². The van der Waals surface area contributed by atoms with Crippen molar-refractivity contribution in [2.45, 2.75) is 33.3 Å². The lowest BCUT2D eigenvalue weighted by Crippen LogP contribution is -2.33.